The van der Waals surface area contributed by atoms with Crippen molar-refractivity contribution < 1.29 is 107 Å². The zero-order valence-electron chi connectivity index (χ0n) is 79.8. The number of halogens is 3. The number of hydrogen-bond acceptors (Lipinski definition) is 32. The van der Waals surface area contributed by atoms with Crippen LogP contribution in [0, 0.1) is 55.4 Å². The quantitative estimate of drug-likeness (QED) is 0.0341. The number of nitrogens with zero attached hydrogens (tertiary/aromatic N) is 12. The minimum atomic E-state index is -4.51. The van der Waals surface area contributed by atoms with E-state index in [9.17, 15) is 41.9 Å². The van der Waals surface area contributed by atoms with Gasteiger partial charge >= 0.3 is 42.0 Å². The van der Waals surface area contributed by atoms with E-state index in [4.69, 9.17) is 65.0 Å². The third-order valence-corrected chi connectivity index (χ3v) is 20.9. The van der Waals surface area contributed by atoms with Crippen LogP contribution in [0.15, 0.2) is 319 Å². The van der Waals surface area contributed by atoms with Crippen molar-refractivity contribution in [2.24, 2.45) is 0 Å². The average Bonchev–Trinajstić information content (AvgIpc) is 1.48. The Labute approximate surface area is 823 Å². The van der Waals surface area contributed by atoms with Gasteiger partial charge in [0.1, 0.15) is 45.7 Å². The molecule has 12 aromatic heterocycles. The highest BCUT2D eigenvalue weighted by Crippen LogP contribution is 2.38. The molecule has 0 atom stereocenters. The highest BCUT2D eigenvalue weighted by Gasteiger charge is 2.34. The number of carbonyl (C=O) groups is 6. The minimum Gasteiger partial charge on any atom is -0.497 e. The summed E-state index contributed by atoms with van der Waals surface area (Å²) in [6.07, 6.45) is 5.32. The molecular formula is C109H95F3N12O20. The van der Waals surface area contributed by atoms with Crippen LogP contribution in [0.3, 0.4) is 0 Å². The van der Waals surface area contributed by atoms with Crippen LogP contribution in [-0.2, 0) is 80.7 Å². The van der Waals surface area contributed by atoms with Gasteiger partial charge in [0.25, 0.3) is 0 Å². The smallest absolute Gasteiger partial charge is 0.417 e. The average molecular weight is 1950 g/mol. The SMILES string of the molecule is CCc1ccc(-c2cc(COC(=O)c3ccc(C)nc3)on2)cc1.COc1cccc(-c2cc(COC(=O)c3ccc(C)nc3)on2)c1.COc1ccccc1-c1cc(COC(=O)c2ccc(C)nc2)on1.Cc1ccc(-c2cc(COC(=O)c3ccc(C)nc3)on2)cc1.Cc1ccc(-c2cc(COC(=O)c3ccc(C)nc3)on2)cc1.Cc1ccc(C(=O)OCc2cc(-c3ccccc3C(F)(F)F)no2)cn1. The van der Waals surface area contributed by atoms with Crippen LogP contribution in [0.4, 0.5) is 13.2 Å². The van der Waals surface area contributed by atoms with E-state index >= 15 is 0 Å². The Balaban J connectivity index is 0.000000145. The van der Waals surface area contributed by atoms with Crippen molar-refractivity contribution in [1.29, 1.82) is 0 Å². The summed E-state index contributed by atoms with van der Waals surface area (Å²) >= 11 is 0. The number of methoxy groups -OCH3 is 2. The van der Waals surface area contributed by atoms with Crippen molar-refractivity contribution in [2.75, 3.05) is 14.2 Å². The number of rotatable bonds is 27. The molecule has 0 aliphatic heterocycles. The molecule has 0 fully saturated rings. The second kappa shape index (κ2) is 50.3. The Kier molecular flexibility index (Phi) is 36.0. The van der Waals surface area contributed by atoms with E-state index in [2.05, 4.69) is 79.9 Å². The molecule has 732 valence electrons. The highest BCUT2D eigenvalue weighted by atomic mass is 19.4. The van der Waals surface area contributed by atoms with Crippen molar-refractivity contribution in [3.8, 4) is 79.0 Å². The van der Waals surface area contributed by atoms with Gasteiger partial charge in [-0.15, -0.1) is 0 Å². The lowest BCUT2D eigenvalue weighted by Gasteiger charge is -2.10. The van der Waals surface area contributed by atoms with Crippen LogP contribution >= 0.6 is 0 Å². The number of pyridine rings is 6. The van der Waals surface area contributed by atoms with Gasteiger partial charge in [-0.05, 0) is 171 Å². The summed E-state index contributed by atoms with van der Waals surface area (Å²) in [5.74, 6) is 1.10. The summed E-state index contributed by atoms with van der Waals surface area (Å²) in [4.78, 5) is 96.0. The zero-order valence-corrected chi connectivity index (χ0v) is 79.8. The fourth-order valence-corrected chi connectivity index (χ4v) is 12.9. The molecule has 0 N–H and O–H groups in total. The largest absolute Gasteiger partial charge is 0.497 e. The number of para-hydroxylation sites is 1. The molecule has 0 unspecified atom stereocenters. The van der Waals surface area contributed by atoms with E-state index in [0.29, 0.717) is 85.1 Å². The minimum absolute atomic E-state index is 0.00365. The fourth-order valence-electron chi connectivity index (χ4n) is 12.9. The molecule has 0 aliphatic carbocycles. The zero-order chi connectivity index (χ0) is 102. The fraction of sp³-hybridized carbons (Fsp3) is 0.174. The first-order valence-corrected chi connectivity index (χ1v) is 44.6. The number of hydrogen-bond donors (Lipinski definition) is 0. The molecule has 0 aliphatic rings. The molecule has 0 radical (unpaired) electrons. The van der Waals surface area contributed by atoms with Crippen LogP contribution < -0.4 is 9.47 Å². The molecule has 0 amide bonds. The molecular weight excluding hydrogens is 1850 g/mol. The number of benzene rings is 6. The van der Waals surface area contributed by atoms with Crippen LogP contribution in [0.1, 0.15) is 160 Å². The number of esters is 6. The molecule has 0 spiro atoms. The van der Waals surface area contributed by atoms with Crippen LogP contribution in [-0.4, -0.2) is 111 Å². The first-order chi connectivity index (χ1) is 69.5. The summed E-state index contributed by atoms with van der Waals surface area (Å²) in [6, 6.07) is 74.6. The van der Waals surface area contributed by atoms with Gasteiger partial charge in [-0.25, -0.2) is 28.8 Å². The molecule has 0 bridgehead atoms. The molecule has 0 saturated heterocycles. The van der Waals surface area contributed by atoms with Crippen molar-refractivity contribution >= 4 is 35.8 Å². The first-order valence-electron chi connectivity index (χ1n) is 44.6. The molecule has 144 heavy (non-hydrogen) atoms. The molecule has 32 nitrogen and oxygen atoms in total. The van der Waals surface area contributed by atoms with Gasteiger partial charge in [-0.1, -0.05) is 164 Å². The lowest BCUT2D eigenvalue weighted by Crippen LogP contribution is -2.06. The van der Waals surface area contributed by atoms with Gasteiger partial charge in [0.15, 0.2) is 74.2 Å². The second-order valence-electron chi connectivity index (χ2n) is 31.9. The van der Waals surface area contributed by atoms with Crippen LogP contribution in [0.25, 0.3) is 67.5 Å². The van der Waals surface area contributed by atoms with Crippen molar-refractivity contribution in [2.45, 2.75) is 115 Å². The third kappa shape index (κ3) is 30.3. The molecule has 18 rings (SSSR count). The van der Waals surface area contributed by atoms with Gasteiger partial charge in [-0.2, -0.15) is 13.2 Å². The summed E-state index contributed by atoms with van der Waals surface area (Å²) < 4.78 is 112. The topological polar surface area (TPSA) is 410 Å². The summed E-state index contributed by atoms with van der Waals surface area (Å²) in [5, 5.41) is 23.7. The van der Waals surface area contributed by atoms with Gasteiger partial charge in [0.2, 0.25) is 0 Å². The first kappa shape index (κ1) is 103. The molecule has 0 saturated carbocycles. The number of ether oxygens (including phenoxy) is 8. The maximum atomic E-state index is 13.1. The van der Waals surface area contributed by atoms with Crippen molar-refractivity contribution in [1.82, 2.24) is 60.8 Å². The predicted octanol–water partition coefficient (Wildman–Crippen LogP) is 22.6. The normalized spacial score (nSPS) is 10.7. The number of alkyl halides is 3. The number of aromatic nitrogens is 12. The van der Waals surface area contributed by atoms with E-state index in [0.717, 1.165) is 85.9 Å². The summed E-state index contributed by atoms with van der Waals surface area (Å²) in [5.41, 5.74) is 17.9. The van der Waals surface area contributed by atoms with Gasteiger partial charge in [0, 0.05) is 141 Å². The lowest BCUT2D eigenvalue weighted by atomic mass is 10.0. The van der Waals surface area contributed by atoms with E-state index in [1.807, 2.05) is 158 Å². The standard InChI is InChI=1S/C19H18N2O3.C18H13F3N2O3.2C18H16N2O4.2C18H16N2O3/c1-3-14-5-8-15(9-6-14)18-10-17(24-21-18)12-23-19(22)16-7-4-13(2)20-11-16;1-11-6-7-12(9-22-11)17(24)25-10-13-8-16(23-26-13)14-4-2-3-5-15(14)18(19,20)21;1-12-6-7-14(10-19-12)18(21)23-11-16-9-17(20-24-16)13-4-3-5-15(8-13)22-2;1-12-7-8-13(10-19-12)18(21)23-11-14-9-16(20-24-14)15-5-3-4-6-17(15)22-2;2*1-12-3-6-14(7-4-12)17-9-16(23-20-17)11-22-18(21)15-8-5-13(2)19-10-15/h4-11H,3,12H2,1-2H3;2-9H,10H2,1H3;2*3-10H,11H2,1-2H3;2*3-10H,11H2,1-2H3. The van der Waals surface area contributed by atoms with Gasteiger partial charge < -0.3 is 65.0 Å². The predicted molar refractivity (Wildman–Crippen MR) is 517 cm³/mol. The molecule has 12 heterocycles. The van der Waals surface area contributed by atoms with Crippen molar-refractivity contribution in [3.63, 3.8) is 0 Å². The second-order valence-corrected chi connectivity index (χ2v) is 31.9. The Morgan fingerprint density at radius 1 is 0.278 bits per heavy atom. The third-order valence-electron chi connectivity index (χ3n) is 20.9. The Morgan fingerprint density at radius 2 is 0.549 bits per heavy atom. The highest BCUT2D eigenvalue weighted by molar-refractivity contribution is 5.92. The molecule has 18 aromatic rings. The molecule has 35 heteroatoms. The summed E-state index contributed by atoms with van der Waals surface area (Å²) in [7, 11) is 3.20. The van der Waals surface area contributed by atoms with Gasteiger partial charge in [0.05, 0.1) is 53.2 Å². The van der Waals surface area contributed by atoms with Crippen LogP contribution in [0.2, 0.25) is 0 Å². The van der Waals surface area contributed by atoms with Crippen LogP contribution in [0.5, 0.6) is 11.5 Å². The Bertz CT molecular complexity index is 7130. The Hall–Kier alpha value is -18.3. The van der Waals surface area contributed by atoms with Crippen molar-refractivity contribution in [3.05, 3.63) is 416 Å². The monoisotopic (exact) mass is 1950 g/mol. The summed E-state index contributed by atoms with van der Waals surface area (Å²) in [6.45, 7) is 17.1. The maximum absolute atomic E-state index is 13.1. The maximum Gasteiger partial charge on any atom is 0.417 e. The number of aryl methyl sites for hydroxylation is 9. The molecule has 6 aromatic carbocycles. The lowest BCUT2D eigenvalue weighted by molar-refractivity contribution is -0.137. The van der Waals surface area contributed by atoms with E-state index in [1.54, 1.807) is 124 Å². The Morgan fingerprint density at radius 3 is 0.833 bits per heavy atom. The van der Waals surface area contributed by atoms with E-state index in [-0.39, 0.29) is 62.2 Å². The van der Waals surface area contributed by atoms with E-state index < -0.39 is 47.6 Å². The van der Waals surface area contributed by atoms with E-state index in [1.165, 1.54) is 78.1 Å². The van der Waals surface area contributed by atoms with Gasteiger partial charge in [-0.3, -0.25) is 29.9 Å². The number of carbonyl (C=O) groups excluding carboxylic acids is 6.